The summed E-state index contributed by atoms with van der Waals surface area (Å²) in [5, 5.41) is 4.37. The van der Waals surface area contributed by atoms with Crippen LogP contribution in [0.2, 0.25) is 0 Å². The minimum absolute atomic E-state index is 0.186. The molecular formula is C12H21N3O2. The Morgan fingerprint density at radius 1 is 1.53 bits per heavy atom. The van der Waals surface area contributed by atoms with Gasteiger partial charge in [-0.25, -0.2) is 0 Å². The monoisotopic (exact) mass is 239 g/mol. The highest BCUT2D eigenvalue weighted by Crippen LogP contribution is 2.06. The van der Waals surface area contributed by atoms with Gasteiger partial charge in [0.1, 0.15) is 0 Å². The number of hydrogen-bond donors (Lipinski definition) is 0. The SMILES string of the molecule is CCOC(=O)CN(C)Cc1cc(C)nn1CC. The van der Waals surface area contributed by atoms with E-state index in [1.807, 2.05) is 36.5 Å². The van der Waals surface area contributed by atoms with Crippen LogP contribution in [0.15, 0.2) is 6.07 Å². The van der Waals surface area contributed by atoms with Crippen molar-refractivity contribution in [2.24, 2.45) is 0 Å². The Balaban J connectivity index is 2.55. The van der Waals surface area contributed by atoms with Gasteiger partial charge in [-0.3, -0.25) is 14.4 Å². The zero-order valence-electron chi connectivity index (χ0n) is 11.1. The zero-order valence-corrected chi connectivity index (χ0v) is 11.1. The van der Waals surface area contributed by atoms with Crippen molar-refractivity contribution in [3.05, 3.63) is 17.5 Å². The summed E-state index contributed by atoms with van der Waals surface area (Å²) in [5.41, 5.74) is 2.13. The maximum Gasteiger partial charge on any atom is 0.320 e. The van der Waals surface area contributed by atoms with Gasteiger partial charge in [0.25, 0.3) is 0 Å². The zero-order chi connectivity index (χ0) is 12.8. The predicted molar refractivity (Wildman–Crippen MR) is 65.6 cm³/mol. The second-order valence-electron chi connectivity index (χ2n) is 4.07. The Labute approximate surface area is 102 Å². The molecule has 1 rings (SSSR count). The van der Waals surface area contributed by atoms with E-state index in [1.165, 1.54) is 0 Å². The quantitative estimate of drug-likeness (QED) is 0.700. The molecule has 0 saturated carbocycles. The summed E-state index contributed by atoms with van der Waals surface area (Å²) in [6.07, 6.45) is 0. The van der Waals surface area contributed by atoms with Gasteiger partial charge in [-0.15, -0.1) is 0 Å². The number of likely N-dealkylation sites (N-methyl/N-ethyl adjacent to an activating group) is 1. The Morgan fingerprint density at radius 3 is 2.82 bits per heavy atom. The van der Waals surface area contributed by atoms with Crippen LogP contribution >= 0.6 is 0 Å². The number of aromatic nitrogens is 2. The van der Waals surface area contributed by atoms with Crippen molar-refractivity contribution in [1.82, 2.24) is 14.7 Å². The van der Waals surface area contributed by atoms with E-state index in [9.17, 15) is 4.79 Å². The van der Waals surface area contributed by atoms with Crippen molar-refractivity contribution < 1.29 is 9.53 Å². The molecule has 5 nitrogen and oxygen atoms in total. The van der Waals surface area contributed by atoms with Crippen molar-refractivity contribution >= 4 is 5.97 Å². The first-order valence-corrected chi connectivity index (χ1v) is 5.94. The summed E-state index contributed by atoms with van der Waals surface area (Å²) in [4.78, 5) is 13.2. The molecule has 5 heteroatoms. The first kappa shape index (κ1) is 13.7. The summed E-state index contributed by atoms with van der Waals surface area (Å²) in [6.45, 7) is 8.13. The number of carbonyl (C=O) groups is 1. The van der Waals surface area contributed by atoms with Crippen molar-refractivity contribution in [3.63, 3.8) is 0 Å². The lowest BCUT2D eigenvalue weighted by atomic mass is 10.3. The molecule has 96 valence electrons. The lowest BCUT2D eigenvalue weighted by Gasteiger charge is -2.15. The van der Waals surface area contributed by atoms with Gasteiger partial charge in [-0.05, 0) is 33.9 Å². The van der Waals surface area contributed by atoms with E-state index in [-0.39, 0.29) is 5.97 Å². The molecule has 0 aliphatic carbocycles. The summed E-state index contributed by atoms with van der Waals surface area (Å²) in [5.74, 6) is -0.186. The molecule has 0 saturated heterocycles. The normalized spacial score (nSPS) is 10.9. The van der Waals surface area contributed by atoms with E-state index in [0.717, 1.165) is 17.9 Å². The van der Waals surface area contributed by atoms with Gasteiger partial charge in [-0.1, -0.05) is 0 Å². The molecule has 0 atom stereocenters. The lowest BCUT2D eigenvalue weighted by molar-refractivity contribution is -0.144. The minimum atomic E-state index is -0.186. The van der Waals surface area contributed by atoms with E-state index in [4.69, 9.17) is 4.74 Å². The summed E-state index contributed by atoms with van der Waals surface area (Å²) in [6, 6.07) is 2.05. The molecular weight excluding hydrogens is 218 g/mol. The molecule has 0 unspecified atom stereocenters. The minimum Gasteiger partial charge on any atom is -0.465 e. The highest BCUT2D eigenvalue weighted by atomic mass is 16.5. The largest absolute Gasteiger partial charge is 0.465 e. The van der Waals surface area contributed by atoms with E-state index >= 15 is 0 Å². The smallest absolute Gasteiger partial charge is 0.320 e. The van der Waals surface area contributed by atoms with Crippen LogP contribution in [0, 0.1) is 6.92 Å². The number of esters is 1. The maximum atomic E-state index is 11.3. The molecule has 17 heavy (non-hydrogen) atoms. The Bertz CT molecular complexity index is 374. The van der Waals surface area contributed by atoms with Gasteiger partial charge in [0.15, 0.2) is 0 Å². The first-order valence-electron chi connectivity index (χ1n) is 5.94. The average molecular weight is 239 g/mol. The topological polar surface area (TPSA) is 47.4 Å². The Morgan fingerprint density at radius 2 is 2.24 bits per heavy atom. The molecule has 0 N–H and O–H groups in total. The fourth-order valence-corrected chi connectivity index (χ4v) is 1.76. The van der Waals surface area contributed by atoms with Crippen molar-refractivity contribution in [2.75, 3.05) is 20.2 Å². The number of aryl methyl sites for hydroxylation is 2. The highest BCUT2D eigenvalue weighted by Gasteiger charge is 2.11. The average Bonchev–Trinajstić information content (AvgIpc) is 2.58. The third kappa shape index (κ3) is 4.19. The van der Waals surface area contributed by atoms with E-state index in [1.54, 1.807) is 0 Å². The molecule has 0 amide bonds. The number of hydrogen-bond acceptors (Lipinski definition) is 4. The molecule has 1 heterocycles. The number of nitrogens with zero attached hydrogens (tertiary/aromatic N) is 3. The predicted octanol–water partition coefficient (Wildman–Crippen LogP) is 1.21. The molecule has 0 fully saturated rings. The van der Waals surface area contributed by atoms with E-state index in [2.05, 4.69) is 12.0 Å². The molecule has 0 radical (unpaired) electrons. The molecule has 0 aromatic carbocycles. The van der Waals surface area contributed by atoms with Gasteiger partial charge < -0.3 is 4.74 Å². The summed E-state index contributed by atoms with van der Waals surface area (Å²) >= 11 is 0. The number of ether oxygens (including phenoxy) is 1. The van der Waals surface area contributed by atoms with Crippen LogP contribution in [0.5, 0.6) is 0 Å². The van der Waals surface area contributed by atoms with Gasteiger partial charge in [0, 0.05) is 13.1 Å². The summed E-state index contributed by atoms with van der Waals surface area (Å²) < 4.78 is 6.86. The van der Waals surface area contributed by atoms with Gasteiger partial charge in [-0.2, -0.15) is 5.10 Å². The van der Waals surface area contributed by atoms with Crippen LogP contribution < -0.4 is 0 Å². The molecule has 0 aliphatic rings. The molecule has 0 spiro atoms. The van der Waals surface area contributed by atoms with Gasteiger partial charge in [0.2, 0.25) is 0 Å². The molecule has 0 aliphatic heterocycles. The molecule has 0 bridgehead atoms. The Kier molecular flexibility index (Phi) is 5.15. The van der Waals surface area contributed by atoms with Crippen LogP contribution in [-0.4, -0.2) is 40.8 Å². The number of carbonyl (C=O) groups excluding carboxylic acids is 1. The molecule has 1 aromatic heterocycles. The second-order valence-corrected chi connectivity index (χ2v) is 4.07. The van der Waals surface area contributed by atoms with Gasteiger partial charge >= 0.3 is 5.97 Å². The maximum absolute atomic E-state index is 11.3. The fraction of sp³-hybridized carbons (Fsp3) is 0.667. The highest BCUT2D eigenvalue weighted by molar-refractivity contribution is 5.71. The first-order chi connectivity index (χ1) is 8.06. The third-order valence-electron chi connectivity index (χ3n) is 2.42. The van der Waals surface area contributed by atoms with Crippen molar-refractivity contribution in [2.45, 2.75) is 33.9 Å². The van der Waals surface area contributed by atoms with Crippen LogP contribution in [-0.2, 0) is 22.6 Å². The summed E-state index contributed by atoms with van der Waals surface area (Å²) in [7, 11) is 1.90. The van der Waals surface area contributed by atoms with Crippen LogP contribution in [0.4, 0.5) is 0 Å². The molecule has 1 aromatic rings. The lowest BCUT2D eigenvalue weighted by Crippen LogP contribution is -2.28. The second kappa shape index (κ2) is 6.39. The van der Waals surface area contributed by atoms with Crippen LogP contribution in [0.25, 0.3) is 0 Å². The third-order valence-corrected chi connectivity index (χ3v) is 2.42. The number of rotatable bonds is 6. The van der Waals surface area contributed by atoms with Crippen molar-refractivity contribution in [3.8, 4) is 0 Å². The fourth-order valence-electron chi connectivity index (χ4n) is 1.76. The van der Waals surface area contributed by atoms with E-state index in [0.29, 0.717) is 19.7 Å². The standard InChI is InChI=1S/C12H21N3O2/c1-5-15-11(7-10(3)13-15)8-14(4)9-12(16)17-6-2/h7H,5-6,8-9H2,1-4H3. The van der Waals surface area contributed by atoms with Crippen LogP contribution in [0.3, 0.4) is 0 Å². The van der Waals surface area contributed by atoms with Crippen LogP contribution in [0.1, 0.15) is 25.2 Å². The van der Waals surface area contributed by atoms with Crippen molar-refractivity contribution in [1.29, 1.82) is 0 Å². The Hall–Kier alpha value is -1.36. The van der Waals surface area contributed by atoms with Gasteiger partial charge in [0.05, 0.1) is 24.5 Å². The van der Waals surface area contributed by atoms with E-state index < -0.39 is 0 Å².